The summed E-state index contributed by atoms with van der Waals surface area (Å²) in [5.41, 5.74) is 6.59. The van der Waals surface area contributed by atoms with Gasteiger partial charge in [0.25, 0.3) is 11.5 Å². The number of aryl methyl sites for hydroxylation is 3. The first-order chi connectivity index (χ1) is 16.4. The van der Waals surface area contributed by atoms with Crippen LogP contribution in [-0.4, -0.2) is 27.6 Å². The van der Waals surface area contributed by atoms with Crippen LogP contribution < -0.4 is 15.6 Å². The highest BCUT2D eigenvalue weighted by Gasteiger charge is 2.27. The Bertz CT molecular complexity index is 1460. The Labute approximate surface area is 197 Å². The second-order valence-electron chi connectivity index (χ2n) is 9.08. The fourth-order valence-electron chi connectivity index (χ4n) is 4.63. The van der Waals surface area contributed by atoms with Crippen LogP contribution in [0, 0.1) is 20.8 Å². The third kappa shape index (κ3) is 3.98. The van der Waals surface area contributed by atoms with Gasteiger partial charge < -0.3 is 19.6 Å². The van der Waals surface area contributed by atoms with Crippen LogP contribution in [0.3, 0.4) is 0 Å². The van der Waals surface area contributed by atoms with Crippen LogP contribution in [0.5, 0.6) is 5.88 Å². The molecular formula is C27H28N4O3. The molecule has 2 N–H and O–H groups in total. The van der Waals surface area contributed by atoms with Crippen molar-refractivity contribution in [2.75, 3.05) is 7.11 Å². The summed E-state index contributed by atoms with van der Waals surface area (Å²) >= 11 is 0. The van der Waals surface area contributed by atoms with Crippen LogP contribution in [0.2, 0.25) is 0 Å². The summed E-state index contributed by atoms with van der Waals surface area (Å²) in [7, 11) is 1.59. The number of benzene rings is 1. The van der Waals surface area contributed by atoms with Crippen molar-refractivity contribution in [2.45, 2.75) is 46.2 Å². The van der Waals surface area contributed by atoms with E-state index in [4.69, 9.17) is 4.74 Å². The quantitative estimate of drug-likeness (QED) is 0.444. The third-order valence-electron chi connectivity index (χ3n) is 6.51. The van der Waals surface area contributed by atoms with Crippen molar-refractivity contribution < 1.29 is 9.53 Å². The number of H-pyrrole nitrogens is 1. The molecule has 7 heteroatoms. The summed E-state index contributed by atoms with van der Waals surface area (Å²) in [5.74, 6) is 0.336. The van der Waals surface area contributed by atoms with Gasteiger partial charge in [0.15, 0.2) is 0 Å². The molecule has 1 fully saturated rings. The largest absolute Gasteiger partial charge is 0.481 e. The Morgan fingerprint density at radius 1 is 1.15 bits per heavy atom. The van der Waals surface area contributed by atoms with Gasteiger partial charge in [0.1, 0.15) is 0 Å². The predicted molar refractivity (Wildman–Crippen MR) is 132 cm³/mol. The average molecular weight is 457 g/mol. The predicted octanol–water partition coefficient (Wildman–Crippen LogP) is 4.59. The molecule has 0 atom stereocenters. The number of rotatable bonds is 6. The lowest BCUT2D eigenvalue weighted by Crippen LogP contribution is -2.28. The Hall–Kier alpha value is -3.87. The SMILES string of the molecule is COc1ccc(-c2cc(C(=O)NCc3c(C)cc(C)[nH]c3=O)c3c(C)cn(C4CC4)c3c2)cn1. The highest BCUT2D eigenvalue weighted by Crippen LogP contribution is 2.41. The molecule has 0 bridgehead atoms. The number of aromatic amines is 1. The lowest BCUT2D eigenvalue weighted by Gasteiger charge is -2.12. The molecule has 0 saturated heterocycles. The minimum Gasteiger partial charge on any atom is -0.481 e. The molecule has 3 aromatic heterocycles. The molecule has 1 aliphatic carbocycles. The number of hydrogen-bond acceptors (Lipinski definition) is 4. The minimum atomic E-state index is -0.204. The van der Waals surface area contributed by atoms with E-state index < -0.39 is 0 Å². The number of amides is 1. The average Bonchev–Trinajstić information content (AvgIpc) is 3.61. The number of hydrogen-bond donors (Lipinski definition) is 2. The summed E-state index contributed by atoms with van der Waals surface area (Å²) in [6.07, 6.45) is 6.20. The molecule has 0 spiro atoms. The van der Waals surface area contributed by atoms with E-state index in [2.05, 4.69) is 32.1 Å². The Morgan fingerprint density at radius 2 is 1.94 bits per heavy atom. The monoisotopic (exact) mass is 456 g/mol. The molecule has 34 heavy (non-hydrogen) atoms. The van der Waals surface area contributed by atoms with Gasteiger partial charge in [0.05, 0.1) is 7.11 Å². The fourth-order valence-corrected chi connectivity index (χ4v) is 4.63. The third-order valence-corrected chi connectivity index (χ3v) is 6.51. The molecule has 0 radical (unpaired) electrons. The smallest absolute Gasteiger partial charge is 0.253 e. The molecule has 3 heterocycles. The number of nitrogens with zero attached hydrogens (tertiary/aromatic N) is 2. The molecule has 0 unspecified atom stereocenters. The first-order valence-electron chi connectivity index (χ1n) is 11.5. The molecule has 7 nitrogen and oxygen atoms in total. The number of fused-ring (bicyclic) bond motifs is 1. The van der Waals surface area contributed by atoms with Crippen molar-refractivity contribution in [1.82, 2.24) is 19.9 Å². The van der Waals surface area contributed by atoms with Gasteiger partial charge in [0, 0.05) is 64.3 Å². The molecule has 174 valence electrons. The van der Waals surface area contributed by atoms with Crippen LogP contribution in [0.25, 0.3) is 22.0 Å². The summed E-state index contributed by atoms with van der Waals surface area (Å²) in [5, 5.41) is 3.93. The normalized spacial score (nSPS) is 13.3. The van der Waals surface area contributed by atoms with Crippen molar-refractivity contribution in [3.8, 4) is 17.0 Å². The van der Waals surface area contributed by atoms with Crippen molar-refractivity contribution in [3.63, 3.8) is 0 Å². The Morgan fingerprint density at radius 3 is 2.59 bits per heavy atom. The van der Waals surface area contributed by atoms with Gasteiger partial charge in [-0.2, -0.15) is 0 Å². The van der Waals surface area contributed by atoms with E-state index in [1.165, 1.54) is 0 Å². The summed E-state index contributed by atoms with van der Waals surface area (Å²) in [6.45, 7) is 5.94. The van der Waals surface area contributed by atoms with Crippen LogP contribution in [-0.2, 0) is 6.54 Å². The fraction of sp³-hybridized carbons (Fsp3) is 0.296. The summed E-state index contributed by atoms with van der Waals surface area (Å²) in [6, 6.07) is 10.2. The van der Waals surface area contributed by atoms with E-state index in [9.17, 15) is 9.59 Å². The maximum atomic E-state index is 13.5. The van der Waals surface area contributed by atoms with Gasteiger partial charge in [-0.15, -0.1) is 0 Å². The number of carbonyl (C=O) groups excluding carboxylic acids is 1. The van der Waals surface area contributed by atoms with Gasteiger partial charge in [-0.25, -0.2) is 4.98 Å². The van der Waals surface area contributed by atoms with E-state index >= 15 is 0 Å². The van der Waals surface area contributed by atoms with E-state index in [0.717, 1.165) is 51.7 Å². The zero-order chi connectivity index (χ0) is 24.0. The summed E-state index contributed by atoms with van der Waals surface area (Å²) in [4.78, 5) is 33.1. The van der Waals surface area contributed by atoms with E-state index in [1.807, 2.05) is 45.0 Å². The zero-order valence-corrected chi connectivity index (χ0v) is 19.9. The maximum absolute atomic E-state index is 13.5. The van der Waals surface area contributed by atoms with Gasteiger partial charge >= 0.3 is 0 Å². The number of nitrogens with one attached hydrogen (secondary N) is 2. The first-order valence-corrected chi connectivity index (χ1v) is 11.5. The molecule has 0 aliphatic heterocycles. The van der Waals surface area contributed by atoms with Crippen molar-refractivity contribution in [1.29, 1.82) is 0 Å². The van der Waals surface area contributed by atoms with Gasteiger partial charge in [-0.05, 0) is 74.6 Å². The molecule has 1 amide bonds. The van der Waals surface area contributed by atoms with Gasteiger partial charge in [-0.3, -0.25) is 9.59 Å². The number of carbonyl (C=O) groups is 1. The molecule has 1 aliphatic rings. The number of pyridine rings is 2. The van der Waals surface area contributed by atoms with Crippen LogP contribution >= 0.6 is 0 Å². The molecule has 1 aromatic carbocycles. The number of ether oxygens (including phenoxy) is 1. The molecule has 4 aromatic rings. The van der Waals surface area contributed by atoms with E-state index in [0.29, 0.717) is 23.0 Å². The standard InChI is InChI=1S/C27H28N4O3/c1-15-9-17(3)30-27(33)22(15)13-29-26(32)21-10-19(18-5-8-24(34-4)28-12-18)11-23-25(21)16(2)14-31(23)20-6-7-20/h5,8-12,14,20H,6-7,13H2,1-4H3,(H,29,32)(H,30,33). The Kier molecular flexibility index (Phi) is 5.48. The van der Waals surface area contributed by atoms with Gasteiger partial charge in [-0.1, -0.05) is 0 Å². The van der Waals surface area contributed by atoms with E-state index in [1.54, 1.807) is 13.3 Å². The van der Waals surface area contributed by atoms with Crippen LogP contribution in [0.15, 0.2) is 47.5 Å². The van der Waals surface area contributed by atoms with Crippen molar-refractivity contribution in [3.05, 3.63) is 81.0 Å². The minimum absolute atomic E-state index is 0.165. The highest BCUT2D eigenvalue weighted by molar-refractivity contribution is 6.09. The second-order valence-corrected chi connectivity index (χ2v) is 9.08. The topological polar surface area (TPSA) is 89.0 Å². The van der Waals surface area contributed by atoms with Crippen molar-refractivity contribution >= 4 is 16.8 Å². The van der Waals surface area contributed by atoms with E-state index in [-0.39, 0.29) is 18.0 Å². The highest BCUT2D eigenvalue weighted by atomic mass is 16.5. The van der Waals surface area contributed by atoms with Crippen molar-refractivity contribution in [2.24, 2.45) is 0 Å². The molecule has 1 saturated carbocycles. The lowest BCUT2D eigenvalue weighted by molar-refractivity contribution is 0.0952. The number of methoxy groups -OCH3 is 1. The first kappa shape index (κ1) is 21.9. The zero-order valence-electron chi connectivity index (χ0n) is 19.9. The molecule has 5 rings (SSSR count). The second kappa shape index (κ2) is 8.48. The Balaban J connectivity index is 1.57. The van der Waals surface area contributed by atoms with Crippen LogP contribution in [0.1, 0.15) is 51.6 Å². The maximum Gasteiger partial charge on any atom is 0.253 e. The number of aromatic nitrogens is 3. The van der Waals surface area contributed by atoms with Gasteiger partial charge in [0.2, 0.25) is 5.88 Å². The summed E-state index contributed by atoms with van der Waals surface area (Å²) < 4.78 is 7.48. The lowest BCUT2D eigenvalue weighted by atomic mass is 9.99. The molecular weight excluding hydrogens is 428 g/mol. The van der Waals surface area contributed by atoms with Crippen LogP contribution in [0.4, 0.5) is 0 Å².